The summed E-state index contributed by atoms with van der Waals surface area (Å²) in [5.74, 6) is 0.733. The van der Waals surface area contributed by atoms with Crippen LogP contribution >= 0.6 is 11.3 Å². The minimum Gasteiger partial charge on any atom is -0.301 e. The zero-order valence-electron chi connectivity index (χ0n) is 10.9. The third-order valence-corrected chi connectivity index (χ3v) is 3.49. The fraction of sp³-hybridized carbons (Fsp3) is 0.769. The van der Waals surface area contributed by atoms with Crippen molar-refractivity contribution in [3.63, 3.8) is 0 Å². The number of aromatic nitrogens is 1. The summed E-state index contributed by atoms with van der Waals surface area (Å²) in [6, 6.07) is 0.786. The fourth-order valence-electron chi connectivity index (χ4n) is 1.56. The fourth-order valence-corrected chi connectivity index (χ4v) is 2.39. The van der Waals surface area contributed by atoms with Crippen LogP contribution in [-0.2, 0) is 6.42 Å². The van der Waals surface area contributed by atoms with E-state index in [1.807, 2.05) is 11.6 Å². The van der Waals surface area contributed by atoms with Crippen LogP contribution in [0.3, 0.4) is 0 Å². The average Bonchev–Trinajstić information content (AvgIpc) is 2.51. The smallest absolute Gasteiger partial charge is 0.0927 e. The van der Waals surface area contributed by atoms with Crippen LogP contribution < -0.4 is 0 Å². The van der Waals surface area contributed by atoms with Crippen molar-refractivity contribution in [2.45, 2.75) is 46.6 Å². The second-order valence-electron chi connectivity index (χ2n) is 5.01. The Morgan fingerprint density at radius 2 is 2.00 bits per heavy atom. The lowest BCUT2D eigenvalue weighted by molar-refractivity contribution is 0.138. The van der Waals surface area contributed by atoms with Crippen molar-refractivity contribution in [1.29, 1.82) is 0 Å². The van der Waals surface area contributed by atoms with Crippen LogP contribution in [0.25, 0.3) is 0 Å². The van der Waals surface area contributed by atoms with Gasteiger partial charge in [0.25, 0.3) is 0 Å². The van der Waals surface area contributed by atoms with Crippen molar-refractivity contribution < 1.29 is 0 Å². The Kier molecular flexibility index (Phi) is 5.99. The molecule has 0 bridgehead atoms. The molecule has 3 heteroatoms. The van der Waals surface area contributed by atoms with E-state index in [4.69, 9.17) is 0 Å². The van der Waals surface area contributed by atoms with Crippen molar-refractivity contribution in [2.24, 2.45) is 5.92 Å². The zero-order valence-corrected chi connectivity index (χ0v) is 11.8. The molecule has 1 aromatic heterocycles. The van der Waals surface area contributed by atoms with Crippen LogP contribution in [0.1, 0.15) is 39.1 Å². The first kappa shape index (κ1) is 13.7. The third-order valence-electron chi connectivity index (χ3n) is 2.69. The maximum absolute atomic E-state index is 4.17. The van der Waals surface area contributed by atoms with Gasteiger partial charge in [-0.2, -0.15) is 0 Å². The number of thiazole rings is 1. The van der Waals surface area contributed by atoms with Crippen molar-refractivity contribution >= 4 is 11.3 Å². The summed E-state index contributed by atoms with van der Waals surface area (Å²) in [5.41, 5.74) is 0. The Bertz CT molecular complexity index is 263. The highest BCUT2D eigenvalue weighted by Crippen LogP contribution is 2.09. The minimum atomic E-state index is 0.733. The van der Waals surface area contributed by atoms with E-state index in [1.54, 1.807) is 11.3 Å². The van der Waals surface area contributed by atoms with Gasteiger partial charge in [-0.1, -0.05) is 13.8 Å². The molecule has 1 aliphatic heterocycles. The highest BCUT2D eigenvalue weighted by Gasteiger charge is 2.15. The Morgan fingerprint density at radius 1 is 1.31 bits per heavy atom. The molecule has 1 aliphatic rings. The molecule has 0 aromatic carbocycles. The molecule has 92 valence electrons. The van der Waals surface area contributed by atoms with Crippen LogP contribution in [0.5, 0.6) is 0 Å². The molecule has 2 rings (SSSR count). The first-order chi connectivity index (χ1) is 7.59. The number of nitrogens with zero attached hydrogens (tertiary/aromatic N) is 2. The number of rotatable bonds is 3. The van der Waals surface area contributed by atoms with Crippen LogP contribution in [0.4, 0.5) is 0 Å². The van der Waals surface area contributed by atoms with Gasteiger partial charge in [-0.05, 0) is 39.3 Å². The molecule has 0 saturated carbocycles. The van der Waals surface area contributed by atoms with Gasteiger partial charge >= 0.3 is 0 Å². The molecule has 0 unspecified atom stereocenters. The third kappa shape index (κ3) is 5.08. The molecule has 0 atom stereocenters. The maximum Gasteiger partial charge on any atom is 0.0927 e. The monoisotopic (exact) mass is 240 g/mol. The lowest BCUT2D eigenvalue weighted by Crippen LogP contribution is -2.41. The number of likely N-dealkylation sites (tertiary alicyclic amines) is 1. The van der Waals surface area contributed by atoms with Gasteiger partial charge in [0, 0.05) is 24.0 Å². The molecule has 0 spiro atoms. The van der Waals surface area contributed by atoms with E-state index in [9.17, 15) is 0 Å². The highest BCUT2D eigenvalue weighted by molar-refractivity contribution is 7.09. The summed E-state index contributed by atoms with van der Waals surface area (Å²) in [5, 5.41) is 3.28. The Labute approximate surface area is 104 Å². The summed E-state index contributed by atoms with van der Waals surface area (Å²) < 4.78 is 0. The Balaban J connectivity index is 0.000000165. The van der Waals surface area contributed by atoms with Crippen molar-refractivity contribution in [3.8, 4) is 0 Å². The van der Waals surface area contributed by atoms with Gasteiger partial charge < -0.3 is 4.90 Å². The largest absolute Gasteiger partial charge is 0.301 e. The average molecular weight is 240 g/mol. The highest BCUT2D eigenvalue weighted by atomic mass is 32.1. The van der Waals surface area contributed by atoms with Gasteiger partial charge in [0.2, 0.25) is 0 Å². The SMILES string of the molecule is CC(C)Cc1nccs1.CC(C)N1CCC1. The van der Waals surface area contributed by atoms with Crippen molar-refractivity contribution in [2.75, 3.05) is 13.1 Å². The lowest BCUT2D eigenvalue weighted by atomic mass is 10.1. The van der Waals surface area contributed by atoms with E-state index < -0.39 is 0 Å². The molecular weight excluding hydrogens is 216 g/mol. The number of hydrogen-bond donors (Lipinski definition) is 0. The molecule has 2 nitrogen and oxygen atoms in total. The Morgan fingerprint density at radius 3 is 2.25 bits per heavy atom. The minimum absolute atomic E-state index is 0.733. The first-order valence-corrected chi connectivity index (χ1v) is 7.10. The van der Waals surface area contributed by atoms with Gasteiger partial charge in [-0.25, -0.2) is 4.98 Å². The molecule has 0 aliphatic carbocycles. The van der Waals surface area contributed by atoms with Gasteiger partial charge in [0.1, 0.15) is 0 Å². The van der Waals surface area contributed by atoms with Crippen molar-refractivity contribution in [3.05, 3.63) is 16.6 Å². The molecule has 0 radical (unpaired) electrons. The summed E-state index contributed by atoms with van der Waals surface area (Å²) in [6.45, 7) is 11.6. The molecule has 0 amide bonds. The van der Waals surface area contributed by atoms with Gasteiger partial charge in [-0.15, -0.1) is 11.3 Å². The van der Waals surface area contributed by atoms with E-state index in [0.717, 1.165) is 18.4 Å². The van der Waals surface area contributed by atoms with E-state index in [2.05, 4.69) is 37.6 Å². The predicted molar refractivity (Wildman–Crippen MR) is 72.0 cm³/mol. The summed E-state index contributed by atoms with van der Waals surface area (Å²) >= 11 is 1.74. The topological polar surface area (TPSA) is 16.1 Å². The summed E-state index contributed by atoms with van der Waals surface area (Å²) in [6.07, 6.45) is 4.40. The molecule has 2 heterocycles. The molecule has 1 fully saturated rings. The van der Waals surface area contributed by atoms with E-state index in [1.165, 1.54) is 24.5 Å². The van der Waals surface area contributed by atoms with Gasteiger partial charge in [-0.3, -0.25) is 0 Å². The normalized spacial score (nSPS) is 15.9. The summed E-state index contributed by atoms with van der Waals surface area (Å²) in [7, 11) is 0. The van der Waals surface area contributed by atoms with E-state index in [-0.39, 0.29) is 0 Å². The number of hydrogen-bond acceptors (Lipinski definition) is 3. The molecule has 1 saturated heterocycles. The van der Waals surface area contributed by atoms with Gasteiger partial charge in [0.05, 0.1) is 5.01 Å². The van der Waals surface area contributed by atoms with Crippen molar-refractivity contribution in [1.82, 2.24) is 9.88 Å². The molecule has 1 aromatic rings. The quantitative estimate of drug-likeness (QED) is 0.804. The first-order valence-electron chi connectivity index (χ1n) is 6.22. The predicted octanol–water partition coefficient (Wildman–Crippen LogP) is 3.44. The van der Waals surface area contributed by atoms with Crippen LogP contribution in [0.15, 0.2) is 11.6 Å². The second-order valence-corrected chi connectivity index (χ2v) is 5.99. The molecule has 16 heavy (non-hydrogen) atoms. The second kappa shape index (κ2) is 7.02. The lowest BCUT2D eigenvalue weighted by Gasteiger charge is -2.34. The molecular formula is C13H24N2S. The van der Waals surface area contributed by atoms with Crippen LogP contribution in [-0.4, -0.2) is 29.0 Å². The zero-order chi connectivity index (χ0) is 12.0. The van der Waals surface area contributed by atoms with Gasteiger partial charge in [0.15, 0.2) is 0 Å². The standard InChI is InChI=1S/C7H11NS.C6H13N/c1-6(2)5-7-8-3-4-9-7;1-6(2)7-4-3-5-7/h3-4,6H,5H2,1-2H3;6H,3-5H2,1-2H3. The molecule has 0 N–H and O–H groups in total. The maximum atomic E-state index is 4.17. The van der Waals surface area contributed by atoms with Crippen LogP contribution in [0.2, 0.25) is 0 Å². The van der Waals surface area contributed by atoms with E-state index in [0.29, 0.717) is 0 Å². The van der Waals surface area contributed by atoms with Crippen LogP contribution in [0, 0.1) is 5.92 Å². The van der Waals surface area contributed by atoms with E-state index >= 15 is 0 Å². The Hall–Kier alpha value is -0.410. The summed E-state index contributed by atoms with van der Waals surface area (Å²) in [4.78, 5) is 6.65.